The lowest BCUT2D eigenvalue weighted by atomic mass is 10.1. The van der Waals surface area contributed by atoms with Crippen molar-refractivity contribution in [3.05, 3.63) is 35.4 Å². The Balaban J connectivity index is 2.25. The van der Waals surface area contributed by atoms with Gasteiger partial charge in [0.2, 0.25) is 5.91 Å². The Morgan fingerprint density at radius 1 is 1.10 bits per heavy atom. The Morgan fingerprint density at radius 3 is 2.38 bits per heavy atom. The number of rotatable bonds is 7. The third-order valence-corrected chi connectivity index (χ3v) is 2.68. The zero-order valence-corrected chi connectivity index (χ0v) is 12.3. The van der Waals surface area contributed by atoms with Gasteiger partial charge in [-0.3, -0.25) is 14.4 Å². The van der Waals surface area contributed by atoms with Crippen molar-refractivity contribution in [1.29, 1.82) is 0 Å². The molecule has 0 heterocycles. The summed E-state index contributed by atoms with van der Waals surface area (Å²) in [6.45, 7) is 4.03. The molecule has 0 unspecified atom stereocenters. The summed E-state index contributed by atoms with van der Waals surface area (Å²) in [5.41, 5.74) is 1.56. The quantitative estimate of drug-likeness (QED) is 0.728. The van der Waals surface area contributed by atoms with Crippen LogP contribution in [0.25, 0.3) is 0 Å². The van der Waals surface area contributed by atoms with Gasteiger partial charge in [-0.1, -0.05) is 17.7 Å². The fourth-order valence-electron chi connectivity index (χ4n) is 1.57. The lowest BCUT2D eigenvalue weighted by Crippen LogP contribution is -2.37. The molecule has 0 saturated carbocycles. The standard InChI is InChI=1S/C15H20N2O4/c1-3-21-14(19)8-9-16-13(18)10-17-15(20)12-6-4-11(2)5-7-12/h4-7H,3,8-10H2,1-2H3,(H,16,18)(H,17,20). The van der Waals surface area contributed by atoms with Gasteiger partial charge in [-0.05, 0) is 26.0 Å². The van der Waals surface area contributed by atoms with Crippen molar-refractivity contribution in [2.24, 2.45) is 0 Å². The second-order valence-corrected chi connectivity index (χ2v) is 4.45. The molecule has 0 aromatic heterocycles. The van der Waals surface area contributed by atoms with Crippen molar-refractivity contribution in [3.8, 4) is 0 Å². The molecule has 2 amide bonds. The van der Waals surface area contributed by atoms with E-state index < -0.39 is 0 Å². The summed E-state index contributed by atoms with van der Waals surface area (Å²) in [6, 6.07) is 7.05. The first kappa shape index (κ1) is 16.7. The molecule has 0 fully saturated rings. The summed E-state index contributed by atoms with van der Waals surface area (Å²) in [5, 5.41) is 5.05. The Morgan fingerprint density at radius 2 is 1.76 bits per heavy atom. The summed E-state index contributed by atoms with van der Waals surface area (Å²) in [6.07, 6.45) is 0.117. The maximum Gasteiger partial charge on any atom is 0.307 e. The number of nitrogens with one attached hydrogen (secondary N) is 2. The van der Waals surface area contributed by atoms with Crippen LogP contribution in [0.1, 0.15) is 29.3 Å². The van der Waals surface area contributed by atoms with Crippen molar-refractivity contribution >= 4 is 17.8 Å². The molecule has 2 N–H and O–H groups in total. The molecule has 0 spiro atoms. The molecule has 1 aromatic rings. The van der Waals surface area contributed by atoms with Gasteiger partial charge in [-0.2, -0.15) is 0 Å². The van der Waals surface area contributed by atoms with Crippen molar-refractivity contribution in [2.75, 3.05) is 19.7 Å². The molecule has 0 saturated heterocycles. The zero-order chi connectivity index (χ0) is 15.7. The van der Waals surface area contributed by atoms with E-state index in [4.69, 9.17) is 4.74 Å². The van der Waals surface area contributed by atoms with E-state index in [1.54, 1.807) is 19.1 Å². The van der Waals surface area contributed by atoms with Crippen LogP contribution in [0.2, 0.25) is 0 Å². The van der Waals surface area contributed by atoms with Crippen LogP contribution in [0, 0.1) is 6.92 Å². The first-order valence-electron chi connectivity index (χ1n) is 6.80. The molecule has 0 atom stereocenters. The minimum absolute atomic E-state index is 0.117. The molecular formula is C15H20N2O4. The number of hydrogen-bond acceptors (Lipinski definition) is 4. The summed E-state index contributed by atoms with van der Waals surface area (Å²) in [5.74, 6) is -1.02. The second kappa shape index (κ2) is 8.73. The van der Waals surface area contributed by atoms with Gasteiger partial charge in [0.05, 0.1) is 19.6 Å². The van der Waals surface area contributed by atoms with E-state index in [9.17, 15) is 14.4 Å². The monoisotopic (exact) mass is 292 g/mol. The minimum Gasteiger partial charge on any atom is -0.466 e. The lowest BCUT2D eigenvalue weighted by molar-refractivity contribution is -0.143. The molecule has 114 valence electrons. The summed E-state index contributed by atoms with van der Waals surface area (Å²) in [4.78, 5) is 34.3. The van der Waals surface area contributed by atoms with Crippen LogP contribution < -0.4 is 10.6 Å². The van der Waals surface area contributed by atoms with Crippen LogP contribution in [0.5, 0.6) is 0 Å². The SMILES string of the molecule is CCOC(=O)CCNC(=O)CNC(=O)c1ccc(C)cc1. The Bertz CT molecular complexity index is 497. The number of amides is 2. The number of aryl methyl sites for hydroxylation is 1. The molecule has 6 heteroatoms. The second-order valence-electron chi connectivity index (χ2n) is 4.45. The molecule has 0 aliphatic heterocycles. The maximum atomic E-state index is 11.8. The van der Waals surface area contributed by atoms with E-state index in [1.807, 2.05) is 19.1 Å². The summed E-state index contributed by atoms with van der Waals surface area (Å²) >= 11 is 0. The highest BCUT2D eigenvalue weighted by Gasteiger charge is 2.08. The number of carbonyl (C=O) groups is 3. The minimum atomic E-state index is -0.360. The summed E-state index contributed by atoms with van der Waals surface area (Å²) < 4.78 is 4.73. The van der Waals surface area contributed by atoms with Crippen molar-refractivity contribution < 1.29 is 19.1 Å². The zero-order valence-electron chi connectivity index (χ0n) is 12.3. The average molecular weight is 292 g/mol. The van der Waals surface area contributed by atoms with Gasteiger partial charge >= 0.3 is 5.97 Å². The largest absolute Gasteiger partial charge is 0.466 e. The third kappa shape index (κ3) is 6.56. The van der Waals surface area contributed by atoms with Gasteiger partial charge in [0.1, 0.15) is 0 Å². The molecule has 6 nitrogen and oxygen atoms in total. The maximum absolute atomic E-state index is 11.8. The van der Waals surface area contributed by atoms with Gasteiger partial charge in [0.25, 0.3) is 5.91 Å². The molecule has 21 heavy (non-hydrogen) atoms. The van der Waals surface area contributed by atoms with E-state index in [-0.39, 0.29) is 37.3 Å². The first-order valence-corrected chi connectivity index (χ1v) is 6.80. The Kier molecular flexibility index (Phi) is 6.94. The highest BCUT2D eigenvalue weighted by atomic mass is 16.5. The van der Waals surface area contributed by atoms with Crippen LogP contribution in [-0.2, 0) is 14.3 Å². The topological polar surface area (TPSA) is 84.5 Å². The fourth-order valence-corrected chi connectivity index (χ4v) is 1.57. The van der Waals surface area contributed by atoms with Gasteiger partial charge in [-0.25, -0.2) is 0 Å². The number of carbonyl (C=O) groups excluding carboxylic acids is 3. The van der Waals surface area contributed by atoms with Crippen LogP contribution in [0.3, 0.4) is 0 Å². The normalized spacial score (nSPS) is 9.81. The average Bonchev–Trinajstić information content (AvgIpc) is 2.46. The predicted octanol–water partition coefficient (Wildman–Crippen LogP) is 0.794. The molecule has 1 aromatic carbocycles. The number of benzene rings is 1. The van der Waals surface area contributed by atoms with E-state index in [2.05, 4.69) is 10.6 Å². The highest BCUT2D eigenvalue weighted by Crippen LogP contribution is 2.02. The number of ether oxygens (including phenoxy) is 1. The fraction of sp³-hybridized carbons (Fsp3) is 0.400. The van der Waals surface area contributed by atoms with Gasteiger partial charge in [0.15, 0.2) is 0 Å². The number of hydrogen-bond donors (Lipinski definition) is 2. The molecule has 0 aliphatic carbocycles. The van der Waals surface area contributed by atoms with Gasteiger partial charge < -0.3 is 15.4 Å². The molecule has 0 aliphatic rings. The molecular weight excluding hydrogens is 272 g/mol. The van der Waals surface area contributed by atoms with Crippen molar-refractivity contribution in [1.82, 2.24) is 10.6 Å². The van der Waals surface area contributed by atoms with Crippen molar-refractivity contribution in [3.63, 3.8) is 0 Å². The molecule has 1 rings (SSSR count). The first-order chi connectivity index (χ1) is 10.0. The van der Waals surface area contributed by atoms with E-state index >= 15 is 0 Å². The number of esters is 1. The summed E-state index contributed by atoms with van der Waals surface area (Å²) in [7, 11) is 0. The smallest absolute Gasteiger partial charge is 0.307 e. The van der Waals surface area contributed by atoms with E-state index in [1.165, 1.54) is 0 Å². The van der Waals surface area contributed by atoms with E-state index in [0.717, 1.165) is 5.56 Å². The molecule has 0 radical (unpaired) electrons. The predicted molar refractivity (Wildman–Crippen MR) is 77.8 cm³/mol. The third-order valence-electron chi connectivity index (χ3n) is 2.68. The van der Waals surface area contributed by atoms with Crippen molar-refractivity contribution in [2.45, 2.75) is 20.3 Å². The molecule has 0 bridgehead atoms. The van der Waals surface area contributed by atoms with Gasteiger partial charge in [-0.15, -0.1) is 0 Å². The van der Waals surface area contributed by atoms with Gasteiger partial charge in [0, 0.05) is 12.1 Å². The van der Waals surface area contributed by atoms with Crippen LogP contribution >= 0.6 is 0 Å². The van der Waals surface area contributed by atoms with Crippen LogP contribution in [-0.4, -0.2) is 37.5 Å². The van der Waals surface area contributed by atoms with Crippen LogP contribution in [0.4, 0.5) is 0 Å². The highest BCUT2D eigenvalue weighted by molar-refractivity contribution is 5.96. The lowest BCUT2D eigenvalue weighted by Gasteiger charge is -2.07. The van der Waals surface area contributed by atoms with Crippen LogP contribution in [0.15, 0.2) is 24.3 Å². The Hall–Kier alpha value is -2.37. The van der Waals surface area contributed by atoms with E-state index in [0.29, 0.717) is 12.2 Å². The Labute approximate surface area is 123 Å².